The second kappa shape index (κ2) is 10.6. The number of alkyl carbamates (subject to hydrolysis) is 1. The molecule has 1 aromatic heterocycles. The van der Waals surface area contributed by atoms with Crippen LogP contribution in [0.15, 0.2) is 69.4 Å². The van der Waals surface area contributed by atoms with Crippen molar-refractivity contribution in [2.45, 2.75) is 33.8 Å². The van der Waals surface area contributed by atoms with E-state index in [9.17, 15) is 19.2 Å². The molecule has 1 heterocycles. The molecule has 8 nitrogen and oxygen atoms in total. The highest BCUT2D eigenvalue weighted by molar-refractivity contribution is 9.10. The molecular formula is C25H24BrN3O5. The van der Waals surface area contributed by atoms with Crippen LogP contribution in [-0.2, 0) is 14.3 Å². The van der Waals surface area contributed by atoms with Crippen LogP contribution in [0.1, 0.15) is 49.9 Å². The number of hydrogen-bond acceptors (Lipinski definition) is 6. The fourth-order valence-corrected chi connectivity index (χ4v) is 3.86. The summed E-state index contributed by atoms with van der Waals surface area (Å²) in [5.41, 5.74) is 2.91. The van der Waals surface area contributed by atoms with Gasteiger partial charge in [-0.2, -0.15) is 0 Å². The van der Waals surface area contributed by atoms with Crippen molar-refractivity contribution < 1.29 is 23.9 Å². The fourth-order valence-electron chi connectivity index (χ4n) is 3.37. The van der Waals surface area contributed by atoms with E-state index in [1.807, 2.05) is 0 Å². The molecule has 2 N–H and O–H groups in total. The zero-order chi connectivity index (χ0) is 25.0. The van der Waals surface area contributed by atoms with E-state index >= 15 is 0 Å². The third-order valence-corrected chi connectivity index (χ3v) is 6.27. The van der Waals surface area contributed by atoms with Crippen molar-refractivity contribution in [3.8, 4) is 0 Å². The van der Waals surface area contributed by atoms with Crippen molar-refractivity contribution in [2.24, 2.45) is 0 Å². The molecule has 0 saturated carbocycles. The topological polar surface area (TPSA) is 114 Å². The van der Waals surface area contributed by atoms with E-state index in [4.69, 9.17) is 4.74 Å². The standard InChI is InChI=1S/C25H24BrN3O5/c1-13-14(2)23(31)18(15(3)22(13)30)12-28-25(33)34-16(4)17-8-9-20(19(26)11-17)29-24(32)21-7-5-6-10-27-21/h5-11,16H,12H2,1-4H3,(H,28,33)(H,29,32). The molecule has 0 fully saturated rings. The first kappa shape index (κ1) is 25.0. The van der Waals surface area contributed by atoms with Gasteiger partial charge in [0, 0.05) is 33.0 Å². The number of pyridine rings is 1. The maximum absolute atomic E-state index is 12.5. The number of nitrogens with one attached hydrogen (secondary N) is 2. The van der Waals surface area contributed by atoms with Crippen molar-refractivity contribution in [2.75, 3.05) is 11.9 Å². The Bertz CT molecular complexity index is 1230. The summed E-state index contributed by atoms with van der Waals surface area (Å²) in [4.78, 5) is 53.4. The van der Waals surface area contributed by atoms with Gasteiger partial charge in [-0.1, -0.05) is 12.1 Å². The number of ether oxygens (including phenoxy) is 1. The van der Waals surface area contributed by atoms with Gasteiger partial charge in [-0.25, -0.2) is 4.79 Å². The van der Waals surface area contributed by atoms with Crippen molar-refractivity contribution in [3.05, 3.63) is 80.6 Å². The molecule has 176 valence electrons. The molecule has 1 aliphatic rings. The van der Waals surface area contributed by atoms with Crippen LogP contribution in [0.3, 0.4) is 0 Å². The van der Waals surface area contributed by atoms with E-state index in [-0.39, 0.29) is 35.3 Å². The second-order valence-corrected chi connectivity index (χ2v) is 8.68. The van der Waals surface area contributed by atoms with Crippen LogP contribution >= 0.6 is 15.9 Å². The molecule has 0 saturated heterocycles. The van der Waals surface area contributed by atoms with Crippen LogP contribution in [-0.4, -0.2) is 35.1 Å². The molecule has 2 aromatic rings. The zero-order valence-corrected chi connectivity index (χ0v) is 20.8. The smallest absolute Gasteiger partial charge is 0.408 e. The fraction of sp³-hybridized carbons (Fsp3) is 0.240. The average molecular weight is 526 g/mol. The molecular weight excluding hydrogens is 502 g/mol. The monoisotopic (exact) mass is 525 g/mol. The van der Waals surface area contributed by atoms with Gasteiger partial charge in [0.2, 0.25) is 0 Å². The molecule has 1 aliphatic carbocycles. The SMILES string of the molecule is CC1=C(C)C(=O)C(CNC(=O)OC(C)c2ccc(NC(=O)c3ccccn3)c(Br)c2)=C(C)C1=O. The number of carbonyl (C=O) groups excluding carboxylic acids is 4. The predicted octanol–water partition coefficient (Wildman–Crippen LogP) is 4.69. The maximum Gasteiger partial charge on any atom is 0.408 e. The lowest BCUT2D eigenvalue weighted by molar-refractivity contribution is -0.116. The van der Waals surface area contributed by atoms with E-state index in [0.717, 1.165) is 0 Å². The van der Waals surface area contributed by atoms with Gasteiger partial charge in [-0.15, -0.1) is 0 Å². The van der Waals surface area contributed by atoms with Crippen LogP contribution in [0, 0.1) is 0 Å². The highest BCUT2D eigenvalue weighted by atomic mass is 79.9. The molecule has 1 aromatic carbocycles. The van der Waals surface area contributed by atoms with Gasteiger partial charge < -0.3 is 15.4 Å². The number of amides is 2. The minimum Gasteiger partial charge on any atom is -0.442 e. The molecule has 1 atom stereocenters. The first-order valence-electron chi connectivity index (χ1n) is 10.5. The summed E-state index contributed by atoms with van der Waals surface area (Å²) >= 11 is 3.42. The van der Waals surface area contributed by atoms with Crippen LogP contribution in [0.5, 0.6) is 0 Å². The molecule has 1 unspecified atom stereocenters. The van der Waals surface area contributed by atoms with E-state index in [0.29, 0.717) is 32.4 Å². The number of hydrogen-bond donors (Lipinski definition) is 2. The third kappa shape index (κ3) is 5.48. The summed E-state index contributed by atoms with van der Waals surface area (Å²) in [6, 6.07) is 10.2. The van der Waals surface area contributed by atoms with Gasteiger partial charge in [-0.3, -0.25) is 19.4 Å². The van der Waals surface area contributed by atoms with E-state index < -0.39 is 12.2 Å². The Kier molecular flexibility index (Phi) is 7.78. The number of rotatable bonds is 6. The number of carbonyl (C=O) groups is 4. The second-order valence-electron chi connectivity index (χ2n) is 7.82. The largest absolute Gasteiger partial charge is 0.442 e. The lowest BCUT2D eigenvalue weighted by Gasteiger charge is -2.20. The Morgan fingerprint density at radius 2 is 1.74 bits per heavy atom. The summed E-state index contributed by atoms with van der Waals surface area (Å²) < 4.78 is 6.03. The van der Waals surface area contributed by atoms with Gasteiger partial charge in [0.05, 0.1) is 12.2 Å². The number of allylic oxidation sites excluding steroid dienone is 3. The van der Waals surface area contributed by atoms with Gasteiger partial charge in [0.25, 0.3) is 5.91 Å². The summed E-state index contributed by atoms with van der Waals surface area (Å²) in [6.07, 6.45) is 0.204. The number of nitrogens with zero attached hydrogens (tertiary/aromatic N) is 1. The van der Waals surface area contributed by atoms with E-state index in [2.05, 4.69) is 31.5 Å². The Morgan fingerprint density at radius 3 is 2.38 bits per heavy atom. The highest BCUT2D eigenvalue weighted by Crippen LogP contribution is 2.28. The van der Waals surface area contributed by atoms with Gasteiger partial charge in [-0.05, 0) is 73.5 Å². The molecule has 2 amide bonds. The molecule has 0 spiro atoms. The summed E-state index contributed by atoms with van der Waals surface area (Å²) in [5.74, 6) is -0.802. The third-order valence-electron chi connectivity index (χ3n) is 5.61. The van der Waals surface area contributed by atoms with E-state index in [1.165, 1.54) is 6.20 Å². The van der Waals surface area contributed by atoms with Crippen molar-refractivity contribution in [3.63, 3.8) is 0 Å². The van der Waals surface area contributed by atoms with Gasteiger partial charge in [0.15, 0.2) is 11.6 Å². The average Bonchev–Trinajstić information content (AvgIpc) is 2.83. The number of benzene rings is 1. The highest BCUT2D eigenvalue weighted by Gasteiger charge is 2.28. The van der Waals surface area contributed by atoms with Crippen molar-refractivity contribution >= 4 is 45.2 Å². The lowest BCUT2D eigenvalue weighted by atomic mass is 9.86. The minimum absolute atomic E-state index is 0.102. The normalized spacial score (nSPS) is 14.7. The van der Waals surface area contributed by atoms with Crippen molar-refractivity contribution in [1.29, 1.82) is 0 Å². The van der Waals surface area contributed by atoms with Gasteiger partial charge in [0.1, 0.15) is 11.8 Å². The number of ketones is 2. The molecule has 0 bridgehead atoms. The lowest BCUT2D eigenvalue weighted by Crippen LogP contribution is -2.32. The van der Waals surface area contributed by atoms with Crippen molar-refractivity contribution in [1.82, 2.24) is 10.3 Å². The summed E-state index contributed by atoms with van der Waals surface area (Å²) in [6.45, 7) is 6.39. The maximum atomic E-state index is 12.5. The Labute approximate surface area is 205 Å². The van der Waals surface area contributed by atoms with Gasteiger partial charge >= 0.3 is 6.09 Å². The quantitative estimate of drug-likeness (QED) is 0.528. The predicted molar refractivity (Wildman–Crippen MR) is 130 cm³/mol. The first-order chi connectivity index (χ1) is 16.1. The summed E-state index contributed by atoms with van der Waals surface area (Å²) in [7, 11) is 0. The van der Waals surface area contributed by atoms with Crippen LogP contribution in [0.4, 0.5) is 10.5 Å². The molecule has 34 heavy (non-hydrogen) atoms. The summed E-state index contributed by atoms with van der Waals surface area (Å²) in [5, 5.41) is 5.32. The number of Topliss-reactive ketones (excluding diaryl/α,β-unsaturated/α-hetero) is 2. The molecule has 3 rings (SSSR count). The number of aromatic nitrogens is 1. The molecule has 0 aliphatic heterocycles. The van der Waals surface area contributed by atoms with Crippen LogP contribution < -0.4 is 10.6 Å². The zero-order valence-electron chi connectivity index (χ0n) is 19.2. The Balaban J connectivity index is 1.60. The molecule has 9 heteroatoms. The first-order valence-corrected chi connectivity index (χ1v) is 11.3. The number of anilines is 1. The van der Waals surface area contributed by atoms with Crippen LogP contribution in [0.2, 0.25) is 0 Å². The van der Waals surface area contributed by atoms with E-state index in [1.54, 1.807) is 64.1 Å². The molecule has 0 radical (unpaired) electrons. The van der Waals surface area contributed by atoms with Crippen LogP contribution in [0.25, 0.3) is 0 Å². The Hall–Kier alpha value is -3.59. The minimum atomic E-state index is -0.722. The number of halogens is 1. The Morgan fingerprint density at radius 1 is 1.03 bits per heavy atom.